The first kappa shape index (κ1) is 16.5. The summed E-state index contributed by atoms with van der Waals surface area (Å²) >= 11 is 0. The maximum absolute atomic E-state index is 11.0. The first-order chi connectivity index (χ1) is 7.29. The van der Waals surface area contributed by atoms with Gasteiger partial charge in [0.15, 0.2) is 0 Å². The summed E-state index contributed by atoms with van der Waals surface area (Å²) in [7, 11) is 0. The average Bonchev–Trinajstić information content (AvgIpc) is 2.81. The van der Waals surface area contributed by atoms with Crippen molar-refractivity contribution in [1.82, 2.24) is 4.90 Å². The predicted molar refractivity (Wildman–Crippen MR) is 62.5 cm³/mol. The molecule has 0 spiro atoms. The SMILES string of the molecule is CC.CC.NCC(=O)N1CCCC1C=O. The Morgan fingerprint density at radius 2 is 1.93 bits per heavy atom. The molecule has 15 heavy (non-hydrogen) atoms. The number of nitrogens with two attached hydrogens (primary N) is 1. The Hall–Kier alpha value is -0.900. The third kappa shape index (κ3) is 5.52. The first-order valence-electron chi connectivity index (χ1n) is 5.74. The fraction of sp³-hybridized carbons (Fsp3) is 0.818. The highest BCUT2D eigenvalue weighted by Gasteiger charge is 2.26. The van der Waals surface area contributed by atoms with E-state index >= 15 is 0 Å². The molecule has 90 valence electrons. The standard InChI is InChI=1S/C7H12N2O2.2C2H6/c8-4-7(11)9-3-1-2-6(9)5-10;2*1-2/h5-6H,1-4,8H2;2*1-2H3. The molecule has 4 nitrogen and oxygen atoms in total. The van der Waals surface area contributed by atoms with Crippen LogP contribution in [0.15, 0.2) is 0 Å². The molecule has 1 aliphatic heterocycles. The highest BCUT2D eigenvalue weighted by atomic mass is 16.2. The normalized spacial score (nSPS) is 18.2. The highest BCUT2D eigenvalue weighted by Crippen LogP contribution is 2.14. The van der Waals surface area contributed by atoms with E-state index in [2.05, 4.69) is 0 Å². The Morgan fingerprint density at radius 1 is 1.40 bits per heavy atom. The molecule has 4 heteroatoms. The number of amides is 1. The van der Waals surface area contributed by atoms with Crippen molar-refractivity contribution in [3.05, 3.63) is 0 Å². The van der Waals surface area contributed by atoms with E-state index in [1.54, 1.807) is 4.90 Å². The lowest BCUT2D eigenvalue weighted by atomic mass is 10.2. The molecule has 1 unspecified atom stereocenters. The van der Waals surface area contributed by atoms with Crippen LogP contribution >= 0.6 is 0 Å². The van der Waals surface area contributed by atoms with Crippen molar-refractivity contribution >= 4 is 12.2 Å². The Kier molecular flexibility index (Phi) is 12.3. The maximum atomic E-state index is 11.0. The number of aldehydes is 1. The van der Waals surface area contributed by atoms with Gasteiger partial charge in [-0.3, -0.25) is 4.79 Å². The monoisotopic (exact) mass is 216 g/mol. The molecule has 0 aromatic rings. The topological polar surface area (TPSA) is 63.4 Å². The summed E-state index contributed by atoms with van der Waals surface area (Å²) in [6.45, 7) is 8.68. The van der Waals surface area contributed by atoms with E-state index in [0.717, 1.165) is 19.1 Å². The molecular weight excluding hydrogens is 192 g/mol. The minimum absolute atomic E-state index is 0.00431. The first-order valence-corrected chi connectivity index (χ1v) is 5.74. The molecule has 1 amide bonds. The molecule has 1 rings (SSSR count). The lowest BCUT2D eigenvalue weighted by Gasteiger charge is -2.18. The summed E-state index contributed by atoms with van der Waals surface area (Å²) in [5, 5.41) is 0. The van der Waals surface area contributed by atoms with Gasteiger partial charge in [-0.25, -0.2) is 0 Å². The summed E-state index contributed by atoms with van der Waals surface area (Å²) in [5.41, 5.74) is 5.16. The fourth-order valence-corrected chi connectivity index (χ4v) is 1.36. The van der Waals surface area contributed by atoms with Gasteiger partial charge in [0.2, 0.25) is 5.91 Å². The quantitative estimate of drug-likeness (QED) is 0.705. The molecule has 2 N–H and O–H groups in total. The van der Waals surface area contributed by atoms with E-state index < -0.39 is 0 Å². The Labute approximate surface area is 92.8 Å². The molecule has 1 heterocycles. The molecule has 0 bridgehead atoms. The second-order valence-electron chi connectivity index (χ2n) is 2.64. The smallest absolute Gasteiger partial charge is 0.236 e. The Bertz CT molecular complexity index is 172. The molecule has 1 saturated heterocycles. The zero-order chi connectivity index (χ0) is 12.3. The highest BCUT2D eigenvalue weighted by molar-refractivity contribution is 5.81. The van der Waals surface area contributed by atoms with E-state index in [4.69, 9.17) is 5.73 Å². The van der Waals surface area contributed by atoms with Crippen molar-refractivity contribution in [3.8, 4) is 0 Å². The molecule has 0 aliphatic carbocycles. The summed E-state index contributed by atoms with van der Waals surface area (Å²) in [6, 6.07) is -0.217. The zero-order valence-electron chi connectivity index (χ0n) is 10.3. The van der Waals surface area contributed by atoms with Gasteiger partial charge in [0.1, 0.15) is 6.29 Å². The molecule has 0 saturated carbocycles. The third-order valence-corrected chi connectivity index (χ3v) is 1.95. The van der Waals surface area contributed by atoms with Gasteiger partial charge in [-0.05, 0) is 12.8 Å². The van der Waals surface area contributed by atoms with Crippen molar-refractivity contribution < 1.29 is 9.59 Å². The summed E-state index contributed by atoms with van der Waals surface area (Å²) in [6.07, 6.45) is 2.52. The second kappa shape index (κ2) is 11.2. The largest absolute Gasteiger partial charge is 0.332 e. The second-order valence-corrected chi connectivity index (χ2v) is 2.64. The summed E-state index contributed by atoms with van der Waals surface area (Å²) in [5.74, 6) is -0.125. The van der Waals surface area contributed by atoms with E-state index in [1.807, 2.05) is 27.7 Å². The molecule has 1 atom stereocenters. The number of likely N-dealkylation sites (tertiary alicyclic amines) is 1. The van der Waals surface area contributed by atoms with Crippen LogP contribution in [0, 0.1) is 0 Å². The molecule has 0 aromatic carbocycles. The van der Waals surface area contributed by atoms with Crippen LogP contribution in [0.2, 0.25) is 0 Å². The van der Waals surface area contributed by atoms with Crippen molar-refractivity contribution in [2.24, 2.45) is 5.73 Å². The average molecular weight is 216 g/mol. The van der Waals surface area contributed by atoms with Crippen LogP contribution in [0.3, 0.4) is 0 Å². The van der Waals surface area contributed by atoms with Gasteiger partial charge >= 0.3 is 0 Å². The van der Waals surface area contributed by atoms with E-state index in [9.17, 15) is 9.59 Å². The molecule has 0 aromatic heterocycles. The minimum Gasteiger partial charge on any atom is -0.332 e. The van der Waals surface area contributed by atoms with Crippen LogP contribution < -0.4 is 5.73 Å². The maximum Gasteiger partial charge on any atom is 0.236 e. The van der Waals surface area contributed by atoms with Crippen LogP contribution in [-0.2, 0) is 9.59 Å². The summed E-state index contributed by atoms with van der Waals surface area (Å²) in [4.78, 5) is 23.0. The van der Waals surface area contributed by atoms with Gasteiger partial charge in [-0.15, -0.1) is 0 Å². The molecular formula is C11H24N2O2. The number of hydrogen-bond acceptors (Lipinski definition) is 3. The number of carbonyl (C=O) groups is 2. The van der Waals surface area contributed by atoms with Gasteiger partial charge < -0.3 is 15.4 Å². The van der Waals surface area contributed by atoms with Crippen molar-refractivity contribution in [1.29, 1.82) is 0 Å². The lowest BCUT2D eigenvalue weighted by molar-refractivity contribution is -0.133. The van der Waals surface area contributed by atoms with Crippen LogP contribution in [0.5, 0.6) is 0 Å². The van der Waals surface area contributed by atoms with E-state index in [0.29, 0.717) is 6.54 Å². The predicted octanol–water partition coefficient (Wildman–Crippen LogP) is 1.19. The lowest BCUT2D eigenvalue weighted by Crippen LogP contribution is -2.40. The number of carbonyl (C=O) groups excluding carboxylic acids is 2. The van der Waals surface area contributed by atoms with Crippen LogP contribution in [0.25, 0.3) is 0 Å². The zero-order valence-corrected chi connectivity index (χ0v) is 10.3. The van der Waals surface area contributed by atoms with Gasteiger partial charge in [-0.1, -0.05) is 27.7 Å². The molecule has 1 aliphatic rings. The number of hydrogen-bond donors (Lipinski definition) is 1. The van der Waals surface area contributed by atoms with Gasteiger partial charge in [0, 0.05) is 6.54 Å². The summed E-state index contributed by atoms with van der Waals surface area (Å²) < 4.78 is 0. The van der Waals surface area contributed by atoms with E-state index in [1.165, 1.54) is 0 Å². The number of rotatable bonds is 2. The van der Waals surface area contributed by atoms with Gasteiger partial charge in [-0.2, -0.15) is 0 Å². The van der Waals surface area contributed by atoms with E-state index in [-0.39, 0.29) is 18.5 Å². The fourth-order valence-electron chi connectivity index (χ4n) is 1.36. The molecule has 1 fully saturated rings. The third-order valence-electron chi connectivity index (χ3n) is 1.95. The number of nitrogens with zero attached hydrogens (tertiary/aromatic N) is 1. The minimum atomic E-state index is -0.217. The molecule has 0 radical (unpaired) electrons. The van der Waals surface area contributed by atoms with Crippen LogP contribution in [-0.4, -0.2) is 36.2 Å². The van der Waals surface area contributed by atoms with Gasteiger partial charge in [0.25, 0.3) is 0 Å². The van der Waals surface area contributed by atoms with Crippen molar-refractivity contribution in [3.63, 3.8) is 0 Å². The van der Waals surface area contributed by atoms with Crippen molar-refractivity contribution in [2.45, 2.75) is 46.6 Å². The Balaban J connectivity index is 0. The van der Waals surface area contributed by atoms with Crippen LogP contribution in [0.4, 0.5) is 0 Å². The van der Waals surface area contributed by atoms with Crippen LogP contribution in [0.1, 0.15) is 40.5 Å². The van der Waals surface area contributed by atoms with Gasteiger partial charge in [0.05, 0.1) is 12.6 Å². The van der Waals surface area contributed by atoms with Crippen molar-refractivity contribution in [2.75, 3.05) is 13.1 Å². The Morgan fingerprint density at radius 3 is 2.33 bits per heavy atom.